The molecular formula is C33H32ClN5OS. The van der Waals surface area contributed by atoms with Crippen molar-refractivity contribution >= 4 is 35.1 Å². The van der Waals surface area contributed by atoms with Gasteiger partial charge in [0.2, 0.25) is 0 Å². The number of anilines is 1. The largest absolute Gasteiger partial charge is 0.327 e. The monoisotopic (exact) mass is 581 g/mol. The molecule has 0 radical (unpaired) electrons. The molecule has 8 heteroatoms. The number of benzene rings is 4. The Kier molecular flexibility index (Phi) is 9.07. The van der Waals surface area contributed by atoms with Crippen LogP contribution < -0.4 is 10.6 Å². The van der Waals surface area contributed by atoms with Crippen molar-refractivity contribution in [2.24, 2.45) is 0 Å². The fourth-order valence-electron chi connectivity index (χ4n) is 4.62. The maximum atomic E-state index is 13.3. The Hall–Kier alpha value is -4.07. The van der Waals surface area contributed by atoms with Gasteiger partial charge < -0.3 is 10.6 Å². The third-order valence-electron chi connectivity index (χ3n) is 6.73. The number of halogens is 1. The van der Waals surface area contributed by atoms with Crippen LogP contribution in [0.1, 0.15) is 39.7 Å². The van der Waals surface area contributed by atoms with Crippen LogP contribution >= 0.6 is 23.4 Å². The topological polar surface area (TPSA) is 71.8 Å². The van der Waals surface area contributed by atoms with E-state index in [9.17, 15) is 4.79 Å². The number of urea groups is 1. The molecule has 5 rings (SSSR count). The Morgan fingerprint density at radius 3 is 2.37 bits per heavy atom. The molecule has 1 unspecified atom stereocenters. The molecule has 0 saturated carbocycles. The van der Waals surface area contributed by atoms with Gasteiger partial charge in [0.1, 0.15) is 0 Å². The number of aryl methyl sites for hydroxylation is 3. The van der Waals surface area contributed by atoms with E-state index < -0.39 is 6.04 Å². The van der Waals surface area contributed by atoms with Gasteiger partial charge in [-0.25, -0.2) is 4.79 Å². The zero-order valence-electron chi connectivity index (χ0n) is 23.3. The molecule has 0 fully saturated rings. The number of aromatic nitrogens is 3. The molecule has 0 bridgehead atoms. The highest BCUT2D eigenvalue weighted by Crippen LogP contribution is 2.31. The highest BCUT2D eigenvalue weighted by Gasteiger charge is 2.26. The second-order valence-electron chi connectivity index (χ2n) is 10.1. The van der Waals surface area contributed by atoms with Gasteiger partial charge in [0, 0.05) is 22.9 Å². The van der Waals surface area contributed by atoms with E-state index in [0.29, 0.717) is 23.0 Å². The summed E-state index contributed by atoms with van der Waals surface area (Å²) in [5, 5.41) is 16.8. The second kappa shape index (κ2) is 13.1. The smallest absolute Gasteiger partial charge is 0.319 e. The summed E-state index contributed by atoms with van der Waals surface area (Å²) >= 11 is 8.09. The van der Waals surface area contributed by atoms with Crippen molar-refractivity contribution in [1.29, 1.82) is 0 Å². The van der Waals surface area contributed by atoms with E-state index in [4.69, 9.17) is 11.6 Å². The number of rotatable bonds is 9. The molecule has 208 valence electrons. The SMILES string of the molecule is Cc1ccc(NC(=O)NC(Cc2ccccc2)c2nnc(SCc3cccc(C)c3)n2-c2cc(Cl)ccc2C)cc1. The normalized spacial score (nSPS) is 11.7. The highest BCUT2D eigenvalue weighted by atomic mass is 35.5. The molecule has 0 saturated heterocycles. The summed E-state index contributed by atoms with van der Waals surface area (Å²) in [7, 11) is 0. The van der Waals surface area contributed by atoms with Gasteiger partial charge in [0.15, 0.2) is 11.0 Å². The van der Waals surface area contributed by atoms with Gasteiger partial charge in [0.25, 0.3) is 0 Å². The summed E-state index contributed by atoms with van der Waals surface area (Å²) in [6, 6.07) is 31.2. The first-order chi connectivity index (χ1) is 19.9. The highest BCUT2D eigenvalue weighted by molar-refractivity contribution is 7.98. The summed E-state index contributed by atoms with van der Waals surface area (Å²) < 4.78 is 2.03. The van der Waals surface area contributed by atoms with Gasteiger partial charge in [-0.15, -0.1) is 10.2 Å². The first-order valence-corrected chi connectivity index (χ1v) is 14.8. The molecule has 2 N–H and O–H groups in total. The van der Waals surface area contributed by atoms with Gasteiger partial charge in [-0.05, 0) is 61.7 Å². The van der Waals surface area contributed by atoms with Gasteiger partial charge in [0.05, 0.1) is 11.7 Å². The molecule has 1 atom stereocenters. The fraction of sp³-hybridized carbons (Fsp3) is 0.182. The van der Waals surface area contributed by atoms with Crippen molar-refractivity contribution < 1.29 is 4.79 Å². The third-order valence-corrected chi connectivity index (χ3v) is 7.97. The number of carbonyl (C=O) groups is 1. The summed E-state index contributed by atoms with van der Waals surface area (Å²) in [6.45, 7) is 6.14. The van der Waals surface area contributed by atoms with Crippen LogP contribution in [0.25, 0.3) is 5.69 Å². The van der Waals surface area contributed by atoms with Crippen LogP contribution in [0.4, 0.5) is 10.5 Å². The Bertz CT molecular complexity index is 1640. The average Bonchev–Trinajstić information content (AvgIpc) is 3.38. The van der Waals surface area contributed by atoms with Crippen LogP contribution in [-0.2, 0) is 12.2 Å². The minimum atomic E-state index is -0.470. The van der Waals surface area contributed by atoms with E-state index in [2.05, 4.69) is 52.0 Å². The third kappa shape index (κ3) is 7.37. The molecular weight excluding hydrogens is 550 g/mol. The first-order valence-electron chi connectivity index (χ1n) is 13.4. The second-order valence-corrected chi connectivity index (χ2v) is 11.5. The predicted molar refractivity (Wildman–Crippen MR) is 168 cm³/mol. The van der Waals surface area contributed by atoms with Crippen LogP contribution in [0, 0.1) is 20.8 Å². The summed E-state index contributed by atoms with van der Waals surface area (Å²) in [6.07, 6.45) is 0.530. The molecule has 1 heterocycles. The van der Waals surface area contributed by atoms with Crippen molar-refractivity contribution in [3.8, 4) is 5.69 Å². The zero-order chi connectivity index (χ0) is 28.8. The Morgan fingerprint density at radius 2 is 1.61 bits per heavy atom. The molecule has 41 heavy (non-hydrogen) atoms. The molecule has 0 spiro atoms. The Balaban J connectivity index is 1.53. The minimum Gasteiger partial charge on any atom is -0.327 e. The average molecular weight is 582 g/mol. The number of thioether (sulfide) groups is 1. The summed E-state index contributed by atoms with van der Waals surface area (Å²) in [5.41, 5.74) is 7.22. The predicted octanol–water partition coefficient (Wildman–Crippen LogP) is 8.24. The number of hydrogen-bond donors (Lipinski definition) is 2. The Morgan fingerprint density at radius 1 is 0.854 bits per heavy atom. The lowest BCUT2D eigenvalue weighted by atomic mass is 10.0. The number of amides is 2. The lowest BCUT2D eigenvalue weighted by Crippen LogP contribution is -2.35. The van der Waals surface area contributed by atoms with Crippen LogP contribution in [-0.4, -0.2) is 20.8 Å². The fourth-order valence-corrected chi connectivity index (χ4v) is 5.68. The standard InChI is InChI=1S/C33H32ClN5OS/c1-22-12-16-28(17-13-22)35-32(40)36-29(19-25-9-5-4-6-10-25)31-37-38-33(41-21-26-11-7-8-23(2)18-26)39(31)30-20-27(34)15-14-24(30)3/h4-18,20,29H,19,21H2,1-3H3,(H2,35,36,40). The van der Waals surface area contributed by atoms with Crippen LogP contribution in [0.5, 0.6) is 0 Å². The zero-order valence-corrected chi connectivity index (χ0v) is 24.8. The number of hydrogen-bond acceptors (Lipinski definition) is 4. The number of nitrogens with zero attached hydrogens (tertiary/aromatic N) is 3. The van der Waals surface area contributed by atoms with Crippen molar-refractivity contribution in [2.75, 3.05) is 5.32 Å². The van der Waals surface area contributed by atoms with Gasteiger partial charge >= 0.3 is 6.03 Å². The van der Waals surface area contributed by atoms with Gasteiger partial charge in [-0.2, -0.15) is 0 Å². The lowest BCUT2D eigenvalue weighted by molar-refractivity contribution is 0.247. The molecule has 0 aliphatic rings. The van der Waals surface area contributed by atoms with Crippen LogP contribution in [0.15, 0.2) is 102 Å². The molecule has 2 amide bonds. The molecule has 0 aliphatic heterocycles. The van der Waals surface area contributed by atoms with E-state index in [-0.39, 0.29) is 6.03 Å². The minimum absolute atomic E-state index is 0.318. The van der Waals surface area contributed by atoms with Crippen LogP contribution in [0.3, 0.4) is 0 Å². The van der Waals surface area contributed by atoms with E-state index in [1.54, 1.807) is 11.8 Å². The van der Waals surface area contributed by atoms with Crippen molar-refractivity contribution in [3.63, 3.8) is 0 Å². The van der Waals surface area contributed by atoms with Gasteiger partial charge in [-0.1, -0.05) is 107 Å². The first kappa shape index (κ1) is 28.5. The van der Waals surface area contributed by atoms with Crippen molar-refractivity contribution in [2.45, 2.75) is 44.1 Å². The molecule has 0 aliphatic carbocycles. The van der Waals surface area contributed by atoms with E-state index in [0.717, 1.165) is 33.3 Å². The summed E-state index contributed by atoms with van der Waals surface area (Å²) in [4.78, 5) is 13.3. The van der Waals surface area contributed by atoms with E-state index in [1.165, 1.54) is 11.1 Å². The number of nitrogens with one attached hydrogen (secondary N) is 2. The van der Waals surface area contributed by atoms with Crippen molar-refractivity contribution in [1.82, 2.24) is 20.1 Å². The van der Waals surface area contributed by atoms with E-state index >= 15 is 0 Å². The van der Waals surface area contributed by atoms with Crippen LogP contribution in [0.2, 0.25) is 5.02 Å². The molecule has 1 aromatic heterocycles. The molecule has 5 aromatic rings. The van der Waals surface area contributed by atoms with Crippen molar-refractivity contribution in [3.05, 3.63) is 136 Å². The molecule has 4 aromatic carbocycles. The van der Waals surface area contributed by atoms with E-state index in [1.807, 2.05) is 91.2 Å². The maximum absolute atomic E-state index is 13.3. The number of carbonyl (C=O) groups excluding carboxylic acids is 1. The van der Waals surface area contributed by atoms with Gasteiger partial charge in [-0.3, -0.25) is 4.57 Å². The maximum Gasteiger partial charge on any atom is 0.319 e. The quantitative estimate of drug-likeness (QED) is 0.172. The summed E-state index contributed by atoms with van der Waals surface area (Å²) in [5.74, 6) is 1.36. The lowest BCUT2D eigenvalue weighted by Gasteiger charge is -2.21. The Labute approximate surface area is 250 Å². The molecule has 6 nitrogen and oxygen atoms in total.